The molecule has 0 aromatic heterocycles. The average Bonchev–Trinajstić information content (AvgIpc) is 1.90. The van der Waals surface area contributed by atoms with Crippen LogP contribution in [0.5, 0.6) is 0 Å². The number of rotatable bonds is 3. The standard InChI is InChI=1S/C7H11IN2/c1-3-7(4-9)10-5-6(2)8/h4-5,9H,3H2,1-2H3/b6-5-,9-4?,10-7-. The van der Waals surface area contributed by atoms with Crippen LogP contribution in [0.1, 0.15) is 20.3 Å². The Balaban J connectivity index is 4.12. The zero-order valence-electron chi connectivity index (χ0n) is 6.19. The Labute approximate surface area is 75.1 Å². The molecule has 0 atom stereocenters. The third-order valence-electron chi connectivity index (χ3n) is 0.937. The Morgan fingerprint density at radius 3 is 2.60 bits per heavy atom. The molecule has 0 fully saturated rings. The van der Waals surface area contributed by atoms with E-state index in [1.54, 1.807) is 6.20 Å². The highest BCUT2D eigenvalue weighted by atomic mass is 127. The molecule has 0 radical (unpaired) electrons. The van der Waals surface area contributed by atoms with Crippen LogP contribution < -0.4 is 0 Å². The third kappa shape index (κ3) is 4.67. The lowest BCUT2D eigenvalue weighted by atomic mass is 10.3. The molecule has 0 amide bonds. The summed E-state index contributed by atoms with van der Waals surface area (Å²) in [5, 5.41) is 6.92. The van der Waals surface area contributed by atoms with Crippen LogP contribution in [0.25, 0.3) is 0 Å². The number of nitrogens with zero attached hydrogens (tertiary/aromatic N) is 1. The minimum atomic E-state index is 0.816. The van der Waals surface area contributed by atoms with E-state index in [4.69, 9.17) is 5.41 Å². The number of hydrogen-bond donors (Lipinski definition) is 1. The molecule has 0 aromatic rings. The first kappa shape index (κ1) is 9.81. The smallest absolute Gasteiger partial charge is 0.0576 e. The van der Waals surface area contributed by atoms with Gasteiger partial charge in [-0.25, -0.2) is 0 Å². The quantitative estimate of drug-likeness (QED) is 0.590. The van der Waals surface area contributed by atoms with E-state index in [0.717, 1.165) is 15.7 Å². The van der Waals surface area contributed by atoms with Crippen molar-refractivity contribution in [3.63, 3.8) is 0 Å². The van der Waals surface area contributed by atoms with Crippen molar-refractivity contribution < 1.29 is 0 Å². The van der Waals surface area contributed by atoms with E-state index in [0.29, 0.717) is 0 Å². The number of allylic oxidation sites excluding steroid dienone is 1. The lowest BCUT2D eigenvalue weighted by Crippen LogP contribution is -1.94. The molecule has 3 heteroatoms. The van der Waals surface area contributed by atoms with Crippen molar-refractivity contribution in [3.8, 4) is 0 Å². The van der Waals surface area contributed by atoms with Crippen LogP contribution in [0.3, 0.4) is 0 Å². The number of halogens is 1. The highest BCUT2D eigenvalue weighted by molar-refractivity contribution is 14.1. The lowest BCUT2D eigenvalue weighted by molar-refractivity contribution is 1.29. The van der Waals surface area contributed by atoms with Gasteiger partial charge in [0.2, 0.25) is 0 Å². The van der Waals surface area contributed by atoms with E-state index < -0.39 is 0 Å². The van der Waals surface area contributed by atoms with Gasteiger partial charge in [0.15, 0.2) is 0 Å². The van der Waals surface area contributed by atoms with Crippen molar-refractivity contribution in [1.82, 2.24) is 0 Å². The molecule has 0 bridgehead atoms. The highest BCUT2D eigenvalue weighted by Crippen LogP contribution is 2.02. The van der Waals surface area contributed by atoms with Gasteiger partial charge in [-0.15, -0.1) is 0 Å². The molecule has 0 heterocycles. The Kier molecular flexibility index (Phi) is 5.48. The van der Waals surface area contributed by atoms with Gasteiger partial charge in [-0.05, 0) is 35.9 Å². The fourth-order valence-electron chi connectivity index (χ4n) is 0.402. The van der Waals surface area contributed by atoms with Crippen molar-refractivity contribution in [1.29, 1.82) is 5.41 Å². The molecule has 0 aliphatic rings. The molecule has 1 N–H and O–H groups in total. The molecule has 0 rings (SSSR count). The van der Waals surface area contributed by atoms with Crippen molar-refractivity contribution in [3.05, 3.63) is 9.78 Å². The normalized spacial score (nSPS) is 13.5. The summed E-state index contributed by atoms with van der Waals surface area (Å²) in [6.07, 6.45) is 3.88. The van der Waals surface area contributed by atoms with Crippen LogP contribution in [-0.2, 0) is 0 Å². The number of nitrogens with one attached hydrogen (secondary N) is 1. The first-order chi connectivity index (χ1) is 4.70. The SMILES string of the molecule is CC/C(C=N)=N/C=C(/C)I. The molecule has 0 saturated carbocycles. The minimum absolute atomic E-state index is 0.816. The second kappa shape index (κ2) is 5.58. The average molecular weight is 250 g/mol. The van der Waals surface area contributed by atoms with Crippen molar-refractivity contribution in [2.24, 2.45) is 4.99 Å². The molecule has 0 unspecified atom stereocenters. The van der Waals surface area contributed by atoms with E-state index in [1.165, 1.54) is 6.21 Å². The maximum absolute atomic E-state index is 6.92. The molecule has 2 nitrogen and oxygen atoms in total. The fourth-order valence-corrected chi connectivity index (χ4v) is 0.542. The van der Waals surface area contributed by atoms with Crippen molar-refractivity contribution in [2.45, 2.75) is 20.3 Å². The predicted molar refractivity (Wildman–Crippen MR) is 54.3 cm³/mol. The van der Waals surface area contributed by atoms with Crippen molar-refractivity contribution in [2.75, 3.05) is 0 Å². The summed E-state index contributed by atoms with van der Waals surface area (Å²) in [4.78, 5) is 4.06. The predicted octanol–water partition coefficient (Wildman–Crippen LogP) is 2.78. The van der Waals surface area contributed by atoms with Crippen molar-refractivity contribution >= 4 is 34.5 Å². The summed E-state index contributed by atoms with van der Waals surface area (Å²) >= 11 is 2.19. The van der Waals surface area contributed by atoms with Gasteiger partial charge in [0.1, 0.15) is 0 Å². The first-order valence-electron chi connectivity index (χ1n) is 3.10. The minimum Gasteiger partial charge on any atom is -0.307 e. The van der Waals surface area contributed by atoms with Crippen LogP contribution in [-0.4, -0.2) is 11.9 Å². The maximum Gasteiger partial charge on any atom is 0.0576 e. The van der Waals surface area contributed by atoms with Gasteiger partial charge in [-0.3, -0.25) is 4.99 Å². The zero-order valence-corrected chi connectivity index (χ0v) is 8.34. The Morgan fingerprint density at radius 2 is 2.30 bits per heavy atom. The number of hydrogen-bond acceptors (Lipinski definition) is 2. The van der Waals surface area contributed by atoms with Gasteiger partial charge in [0, 0.05) is 16.0 Å². The molecule has 0 aromatic carbocycles. The summed E-state index contributed by atoms with van der Waals surface area (Å²) in [5.41, 5.74) is 0.816. The fraction of sp³-hybridized carbons (Fsp3) is 0.429. The largest absolute Gasteiger partial charge is 0.307 e. The Morgan fingerprint density at radius 1 is 1.70 bits per heavy atom. The molecule has 0 spiro atoms. The second-order valence-electron chi connectivity index (χ2n) is 1.83. The molecule has 0 saturated heterocycles. The van der Waals surface area contributed by atoms with Gasteiger partial charge in [-0.2, -0.15) is 0 Å². The van der Waals surface area contributed by atoms with E-state index in [-0.39, 0.29) is 0 Å². The van der Waals surface area contributed by atoms with E-state index in [1.807, 2.05) is 13.8 Å². The van der Waals surface area contributed by atoms with Crippen LogP contribution in [0.4, 0.5) is 0 Å². The summed E-state index contributed by atoms with van der Waals surface area (Å²) in [6.45, 7) is 3.96. The van der Waals surface area contributed by atoms with E-state index in [2.05, 4.69) is 27.6 Å². The van der Waals surface area contributed by atoms with Gasteiger partial charge < -0.3 is 5.41 Å². The zero-order chi connectivity index (χ0) is 7.98. The summed E-state index contributed by atoms with van der Waals surface area (Å²) in [6, 6.07) is 0. The van der Waals surface area contributed by atoms with Gasteiger partial charge in [-0.1, -0.05) is 6.92 Å². The molecule has 10 heavy (non-hydrogen) atoms. The van der Waals surface area contributed by atoms with E-state index >= 15 is 0 Å². The monoisotopic (exact) mass is 250 g/mol. The summed E-state index contributed by atoms with van der Waals surface area (Å²) in [7, 11) is 0. The molecule has 0 aliphatic heterocycles. The molecular formula is C7H11IN2. The van der Waals surface area contributed by atoms with Gasteiger partial charge >= 0.3 is 0 Å². The maximum atomic E-state index is 6.92. The number of aliphatic imine (C=N–C) groups is 1. The molecule has 0 aliphatic carbocycles. The van der Waals surface area contributed by atoms with E-state index in [9.17, 15) is 0 Å². The van der Waals surface area contributed by atoms with Crippen LogP contribution >= 0.6 is 22.6 Å². The third-order valence-corrected chi connectivity index (χ3v) is 1.22. The summed E-state index contributed by atoms with van der Waals surface area (Å²) in [5.74, 6) is 0. The topological polar surface area (TPSA) is 36.2 Å². The van der Waals surface area contributed by atoms with Gasteiger partial charge in [0.25, 0.3) is 0 Å². The lowest BCUT2D eigenvalue weighted by Gasteiger charge is -1.89. The molecule has 56 valence electrons. The summed E-state index contributed by atoms with van der Waals surface area (Å²) < 4.78 is 1.13. The van der Waals surface area contributed by atoms with Crippen LogP contribution in [0, 0.1) is 5.41 Å². The second-order valence-corrected chi connectivity index (χ2v) is 3.54. The van der Waals surface area contributed by atoms with Gasteiger partial charge in [0.05, 0.1) is 5.71 Å². The first-order valence-corrected chi connectivity index (χ1v) is 4.18. The van der Waals surface area contributed by atoms with Crippen LogP contribution in [0.15, 0.2) is 14.8 Å². The molecular weight excluding hydrogens is 239 g/mol. The van der Waals surface area contributed by atoms with Crippen LogP contribution in [0.2, 0.25) is 0 Å². The Hall–Kier alpha value is -0.190. The highest BCUT2D eigenvalue weighted by Gasteiger charge is 1.85. The Bertz CT molecular complexity index is 166.